The summed E-state index contributed by atoms with van der Waals surface area (Å²) in [4.78, 5) is 22.1. The first-order valence-corrected chi connectivity index (χ1v) is 6.39. The number of nitrogens with one attached hydrogen (secondary N) is 2. The van der Waals surface area contributed by atoms with Gasteiger partial charge < -0.3 is 10.6 Å². The van der Waals surface area contributed by atoms with Crippen LogP contribution in [0.15, 0.2) is 24.3 Å². The smallest absolute Gasteiger partial charge is 0.352 e. The van der Waals surface area contributed by atoms with E-state index in [0.717, 1.165) is 6.07 Å². The summed E-state index contributed by atoms with van der Waals surface area (Å²) >= 11 is 0. The van der Waals surface area contributed by atoms with Crippen molar-refractivity contribution in [3.05, 3.63) is 35.4 Å². The van der Waals surface area contributed by atoms with Gasteiger partial charge in [-0.25, -0.2) is 0 Å². The summed E-state index contributed by atoms with van der Waals surface area (Å²) in [6.45, 7) is 2.69. The summed E-state index contributed by atoms with van der Waals surface area (Å²) in [5, 5.41) is 4.86. The number of rotatable bonds is 5. The van der Waals surface area contributed by atoms with E-state index in [0.29, 0.717) is 0 Å². The molecule has 0 radical (unpaired) electrons. The quantitative estimate of drug-likeness (QED) is 0.872. The summed E-state index contributed by atoms with van der Waals surface area (Å²) in [7, 11) is 0. The largest absolute Gasteiger partial charge is 0.416 e. The normalized spacial score (nSPS) is 12.6. The third kappa shape index (κ3) is 5.85. The van der Waals surface area contributed by atoms with Gasteiger partial charge in [-0.05, 0) is 25.0 Å². The second kappa shape index (κ2) is 7.10. The molecule has 2 amide bonds. The van der Waals surface area contributed by atoms with Gasteiger partial charge in [0.1, 0.15) is 0 Å². The van der Waals surface area contributed by atoms with Crippen molar-refractivity contribution in [2.24, 2.45) is 0 Å². The molecule has 0 saturated heterocycles. The van der Waals surface area contributed by atoms with Crippen molar-refractivity contribution in [2.75, 3.05) is 6.54 Å². The Morgan fingerprint density at radius 3 is 2.43 bits per heavy atom. The molecule has 2 N–H and O–H groups in total. The van der Waals surface area contributed by atoms with Crippen molar-refractivity contribution in [2.45, 2.75) is 32.5 Å². The number of carbonyl (C=O) groups is 2. The highest BCUT2D eigenvalue weighted by Gasteiger charge is 2.33. The monoisotopic (exact) mass is 302 g/mol. The van der Waals surface area contributed by atoms with Crippen LogP contribution >= 0.6 is 0 Å². The van der Waals surface area contributed by atoms with Gasteiger partial charge in [0, 0.05) is 13.0 Å². The number of carbonyl (C=O) groups excluding carboxylic acids is 2. The van der Waals surface area contributed by atoms with Gasteiger partial charge >= 0.3 is 6.18 Å². The molecule has 4 nitrogen and oxygen atoms in total. The minimum absolute atomic E-state index is 0.0570. The standard InChI is InChI=1S/C14H17F3N2O2/c1-9(19-13(21)8-18-10(2)20)7-11-5-3-4-6-12(11)14(15,16)17/h3-6,9H,7-8H2,1-2H3,(H,18,20)(H,19,21)/t9-/m1/s1. The summed E-state index contributed by atoms with van der Waals surface area (Å²) in [6, 6.07) is 4.78. The molecule has 116 valence electrons. The fraction of sp³-hybridized carbons (Fsp3) is 0.429. The van der Waals surface area contributed by atoms with Crippen LogP contribution in [0.3, 0.4) is 0 Å². The average Bonchev–Trinajstić information content (AvgIpc) is 2.35. The van der Waals surface area contributed by atoms with Gasteiger partial charge in [0.2, 0.25) is 11.8 Å². The van der Waals surface area contributed by atoms with Crippen LogP contribution in [0.2, 0.25) is 0 Å². The Balaban J connectivity index is 2.65. The molecule has 0 aliphatic rings. The Morgan fingerprint density at radius 2 is 1.86 bits per heavy atom. The fourth-order valence-corrected chi connectivity index (χ4v) is 1.89. The highest BCUT2D eigenvalue weighted by atomic mass is 19.4. The Bertz CT molecular complexity index is 515. The minimum atomic E-state index is -4.42. The zero-order valence-corrected chi connectivity index (χ0v) is 11.8. The predicted octanol–water partition coefficient (Wildman–Crippen LogP) is 1.89. The van der Waals surface area contributed by atoms with Crippen LogP contribution in [0.4, 0.5) is 13.2 Å². The zero-order chi connectivity index (χ0) is 16.0. The lowest BCUT2D eigenvalue weighted by molar-refractivity contribution is -0.138. The van der Waals surface area contributed by atoms with Crippen LogP contribution in [0.25, 0.3) is 0 Å². The number of benzene rings is 1. The van der Waals surface area contributed by atoms with Gasteiger partial charge in [-0.3, -0.25) is 9.59 Å². The molecular weight excluding hydrogens is 285 g/mol. The molecule has 0 unspecified atom stereocenters. The Labute approximate surface area is 120 Å². The molecule has 0 aliphatic carbocycles. The van der Waals surface area contributed by atoms with E-state index >= 15 is 0 Å². The lowest BCUT2D eigenvalue weighted by atomic mass is 10.0. The van der Waals surface area contributed by atoms with Crippen LogP contribution < -0.4 is 10.6 Å². The van der Waals surface area contributed by atoms with Gasteiger partial charge in [0.25, 0.3) is 0 Å². The molecule has 0 spiro atoms. The molecule has 0 aliphatic heterocycles. The van der Waals surface area contributed by atoms with Gasteiger partial charge in [-0.1, -0.05) is 18.2 Å². The van der Waals surface area contributed by atoms with Crippen molar-refractivity contribution in [1.29, 1.82) is 0 Å². The SMILES string of the molecule is CC(=O)NCC(=O)N[C@H](C)Cc1ccccc1C(F)(F)F. The molecule has 0 fully saturated rings. The summed E-state index contributed by atoms with van der Waals surface area (Å²) in [6.07, 6.45) is -4.36. The number of hydrogen-bond acceptors (Lipinski definition) is 2. The molecule has 0 bridgehead atoms. The van der Waals surface area contributed by atoms with E-state index in [1.165, 1.54) is 25.1 Å². The third-order valence-corrected chi connectivity index (χ3v) is 2.75. The highest BCUT2D eigenvalue weighted by Crippen LogP contribution is 2.32. The lowest BCUT2D eigenvalue weighted by Gasteiger charge is -2.17. The second-order valence-electron chi connectivity index (χ2n) is 4.74. The molecule has 0 aromatic heterocycles. The van der Waals surface area contributed by atoms with E-state index in [-0.39, 0.29) is 24.4 Å². The van der Waals surface area contributed by atoms with Gasteiger partial charge in [0.05, 0.1) is 12.1 Å². The third-order valence-electron chi connectivity index (χ3n) is 2.75. The molecular formula is C14H17F3N2O2. The highest BCUT2D eigenvalue weighted by molar-refractivity contribution is 5.83. The van der Waals surface area contributed by atoms with E-state index in [9.17, 15) is 22.8 Å². The van der Waals surface area contributed by atoms with Crippen molar-refractivity contribution >= 4 is 11.8 Å². The summed E-state index contributed by atoms with van der Waals surface area (Å²) in [5.41, 5.74) is -0.578. The van der Waals surface area contributed by atoms with Crippen molar-refractivity contribution in [3.63, 3.8) is 0 Å². The van der Waals surface area contributed by atoms with Crippen molar-refractivity contribution in [1.82, 2.24) is 10.6 Å². The molecule has 0 saturated carbocycles. The van der Waals surface area contributed by atoms with Crippen LogP contribution in [0, 0.1) is 0 Å². The molecule has 1 aromatic rings. The lowest BCUT2D eigenvalue weighted by Crippen LogP contribution is -2.41. The zero-order valence-electron chi connectivity index (χ0n) is 11.8. The van der Waals surface area contributed by atoms with Crippen LogP contribution in [-0.4, -0.2) is 24.4 Å². The fourth-order valence-electron chi connectivity index (χ4n) is 1.89. The van der Waals surface area contributed by atoms with E-state index in [1.807, 2.05) is 0 Å². The minimum Gasteiger partial charge on any atom is -0.352 e. The van der Waals surface area contributed by atoms with Crippen LogP contribution in [0.5, 0.6) is 0 Å². The van der Waals surface area contributed by atoms with E-state index in [4.69, 9.17) is 0 Å². The number of halogens is 3. The average molecular weight is 302 g/mol. The number of alkyl halides is 3. The maximum absolute atomic E-state index is 12.8. The molecule has 1 rings (SSSR count). The maximum Gasteiger partial charge on any atom is 0.416 e. The first-order chi connectivity index (χ1) is 9.70. The molecule has 0 heterocycles. The van der Waals surface area contributed by atoms with Crippen LogP contribution in [0.1, 0.15) is 25.0 Å². The topological polar surface area (TPSA) is 58.2 Å². The van der Waals surface area contributed by atoms with Crippen molar-refractivity contribution in [3.8, 4) is 0 Å². The summed E-state index contributed by atoms with van der Waals surface area (Å²) in [5.74, 6) is -0.789. The van der Waals surface area contributed by atoms with Gasteiger partial charge in [-0.15, -0.1) is 0 Å². The molecule has 1 aromatic carbocycles. The summed E-state index contributed by atoms with van der Waals surface area (Å²) < 4.78 is 38.5. The first kappa shape index (κ1) is 17.0. The van der Waals surface area contributed by atoms with E-state index < -0.39 is 23.7 Å². The number of amides is 2. The van der Waals surface area contributed by atoms with Gasteiger partial charge in [-0.2, -0.15) is 13.2 Å². The number of hydrogen-bond donors (Lipinski definition) is 2. The Kier molecular flexibility index (Phi) is 5.75. The van der Waals surface area contributed by atoms with Crippen LogP contribution in [-0.2, 0) is 22.2 Å². The van der Waals surface area contributed by atoms with E-state index in [2.05, 4.69) is 10.6 Å². The maximum atomic E-state index is 12.8. The first-order valence-electron chi connectivity index (χ1n) is 6.39. The predicted molar refractivity (Wildman–Crippen MR) is 71.4 cm³/mol. The van der Waals surface area contributed by atoms with Crippen molar-refractivity contribution < 1.29 is 22.8 Å². The Morgan fingerprint density at radius 1 is 1.24 bits per heavy atom. The molecule has 7 heteroatoms. The molecule has 21 heavy (non-hydrogen) atoms. The Hall–Kier alpha value is -2.05. The van der Waals surface area contributed by atoms with Gasteiger partial charge in [0.15, 0.2) is 0 Å². The molecule has 1 atom stereocenters. The van der Waals surface area contributed by atoms with E-state index in [1.54, 1.807) is 6.92 Å². The second-order valence-corrected chi connectivity index (χ2v) is 4.74.